The molecule has 0 aliphatic carbocycles. The van der Waals surface area contributed by atoms with Crippen LogP contribution in [-0.2, 0) is 4.79 Å². The first-order valence-corrected chi connectivity index (χ1v) is 22.6. The second kappa shape index (κ2) is 44.2. The average Bonchev–Trinajstić information content (AvgIpc) is 3.16. The molecule has 0 spiro atoms. The molecule has 53 heavy (non-hydrogen) atoms. The van der Waals surface area contributed by atoms with Gasteiger partial charge in [0.05, 0.1) is 18.8 Å². The van der Waals surface area contributed by atoms with E-state index in [4.69, 9.17) is 0 Å². The maximum atomic E-state index is 12.4. The monoisotopic (exact) mass is 738 g/mol. The van der Waals surface area contributed by atoms with E-state index in [1.54, 1.807) is 0 Å². The third-order valence-electron chi connectivity index (χ3n) is 10.00. The second-order valence-corrected chi connectivity index (χ2v) is 15.1. The minimum absolute atomic E-state index is 0.114. The molecule has 2 atom stereocenters. The van der Waals surface area contributed by atoms with Crippen LogP contribution < -0.4 is 5.32 Å². The number of carbonyl (C=O) groups excluding carboxylic acids is 1. The maximum absolute atomic E-state index is 12.4. The van der Waals surface area contributed by atoms with Crippen LogP contribution in [0.1, 0.15) is 213 Å². The largest absolute Gasteiger partial charge is 0.394 e. The number of unbranched alkanes of at least 4 members (excludes halogenated alkanes) is 21. The van der Waals surface area contributed by atoms with Crippen molar-refractivity contribution >= 4 is 5.91 Å². The molecular weight excluding hydrogens is 651 g/mol. The molecule has 0 saturated carbocycles. The van der Waals surface area contributed by atoms with Gasteiger partial charge in [-0.05, 0) is 51.4 Å². The van der Waals surface area contributed by atoms with Gasteiger partial charge >= 0.3 is 0 Å². The summed E-state index contributed by atoms with van der Waals surface area (Å²) in [5, 5.41) is 23.1. The molecule has 306 valence electrons. The summed E-state index contributed by atoms with van der Waals surface area (Å²) in [5.41, 5.74) is 0. The molecule has 0 bridgehead atoms. The van der Waals surface area contributed by atoms with Crippen molar-refractivity contribution in [2.45, 2.75) is 225 Å². The molecule has 3 N–H and O–H groups in total. The summed E-state index contributed by atoms with van der Waals surface area (Å²) in [7, 11) is 0. The smallest absolute Gasteiger partial charge is 0.220 e. The van der Waals surface area contributed by atoms with Crippen LogP contribution in [-0.4, -0.2) is 34.9 Å². The fraction of sp³-hybridized carbons (Fsp3) is 0.735. The van der Waals surface area contributed by atoms with Gasteiger partial charge in [0, 0.05) is 6.42 Å². The fourth-order valence-corrected chi connectivity index (χ4v) is 6.56. The van der Waals surface area contributed by atoms with E-state index in [1.165, 1.54) is 128 Å². The first kappa shape index (κ1) is 50.8. The van der Waals surface area contributed by atoms with E-state index in [-0.39, 0.29) is 12.5 Å². The van der Waals surface area contributed by atoms with Gasteiger partial charge in [-0.2, -0.15) is 0 Å². The van der Waals surface area contributed by atoms with E-state index in [1.807, 2.05) is 6.08 Å². The number of rotatable bonds is 40. The molecule has 2 unspecified atom stereocenters. The molecule has 0 radical (unpaired) electrons. The zero-order valence-electron chi connectivity index (χ0n) is 35.0. The van der Waals surface area contributed by atoms with Gasteiger partial charge in [0.15, 0.2) is 0 Å². The minimum Gasteiger partial charge on any atom is -0.394 e. The van der Waals surface area contributed by atoms with Crippen LogP contribution in [0.25, 0.3) is 0 Å². The number of hydrogen-bond donors (Lipinski definition) is 3. The molecule has 0 aromatic rings. The summed E-state index contributed by atoms with van der Waals surface area (Å²) in [6.45, 7) is 4.22. The second-order valence-electron chi connectivity index (χ2n) is 15.1. The van der Waals surface area contributed by atoms with Crippen LogP contribution in [0, 0.1) is 0 Å². The van der Waals surface area contributed by atoms with Crippen molar-refractivity contribution in [2.75, 3.05) is 6.61 Å². The van der Waals surface area contributed by atoms with Gasteiger partial charge in [-0.25, -0.2) is 0 Å². The predicted molar refractivity (Wildman–Crippen MR) is 234 cm³/mol. The van der Waals surface area contributed by atoms with Crippen molar-refractivity contribution in [1.82, 2.24) is 5.32 Å². The topological polar surface area (TPSA) is 69.6 Å². The van der Waals surface area contributed by atoms with E-state index < -0.39 is 12.1 Å². The zero-order chi connectivity index (χ0) is 38.6. The number of aliphatic hydroxyl groups excluding tert-OH is 2. The van der Waals surface area contributed by atoms with Crippen molar-refractivity contribution in [2.24, 2.45) is 0 Å². The Morgan fingerprint density at radius 2 is 0.792 bits per heavy atom. The highest BCUT2D eigenvalue weighted by Gasteiger charge is 2.19. The SMILES string of the molecule is CC/C=C\C/C=C\C/C=C\C/C=C\C/C=C\C/C=C\CCC(=O)NC(CO)C(O)CCCCCCCCCCCCCCCCCCCCCCCC. The molecule has 1 amide bonds. The Hall–Kier alpha value is -2.17. The lowest BCUT2D eigenvalue weighted by molar-refractivity contribution is -0.123. The number of allylic oxidation sites excluding steroid dienone is 12. The summed E-state index contributed by atoms with van der Waals surface area (Å²) >= 11 is 0. The molecule has 4 heteroatoms. The molecule has 0 saturated heterocycles. The molecule has 0 aliphatic rings. The van der Waals surface area contributed by atoms with Crippen molar-refractivity contribution in [1.29, 1.82) is 0 Å². The Balaban J connectivity index is 3.63. The fourth-order valence-electron chi connectivity index (χ4n) is 6.56. The molecular formula is C49H87NO3. The van der Waals surface area contributed by atoms with Crippen molar-refractivity contribution in [3.05, 3.63) is 72.9 Å². The lowest BCUT2D eigenvalue weighted by Gasteiger charge is -2.22. The Morgan fingerprint density at radius 3 is 1.13 bits per heavy atom. The first-order chi connectivity index (χ1) is 26.2. The zero-order valence-corrected chi connectivity index (χ0v) is 35.0. The minimum atomic E-state index is -0.695. The molecule has 0 aliphatic heterocycles. The number of nitrogens with one attached hydrogen (secondary N) is 1. The number of aliphatic hydroxyl groups is 2. The van der Waals surface area contributed by atoms with Crippen molar-refractivity contribution < 1.29 is 15.0 Å². The Morgan fingerprint density at radius 1 is 0.472 bits per heavy atom. The maximum Gasteiger partial charge on any atom is 0.220 e. The number of hydrogen-bond acceptors (Lipinski definition) is 3. The van der Waals surface area contributed by atoms with Gasteiger partial charge in [0.25, 0.3) is 0 Å². The highest BCUT2D eigenvalue weighted by molar-refractivity contribution is 5.76. The quantitative estimate of drug-likeness (QED) is 0.0433. The lowest BCUT2D eigenvalue weighted by Crippen LogP contribution is -2.45. The van der Waals surface area contributed by atoms with Gasteiger partial charge < -0.3 is 15.5 Å². The van der Waals surface area contributed by atoms with E-state index in [9.17, 15) is 15.0 Å². The summed E-state index contributed by atoms with van der Waals surface area (Å²) in [4.78, 5) is 12.4. The van der Waals surface area contributed by atoms with Gasteiger partial charge in [-0.3, -0.25) is 4.79 Å². The van der Waals surface area contributed by atoms with E-state index >= 15 is 0 Å². The molecule has 0 fully saturated rings. The van der Waals surface area contributed by atoms with Crippen LogP contribution in [0.2, 0.25) is 0 Å². The van der Waals surface area contributed by atoms with Gasteiger partial charge in [0.2, 0.25) is 5.91 Å². The number of amides is 1. The summed E-state index contributed by atoms with van der Waals surface area (Å²) in [6.07, 6.45) is 62.8. The van der Waals surface area contributed by atoms with E-state index in [0.717, 1.165) is 51.4 Å². The molecule has 0 rings (SSSR count). The Kier molecular flexibility index (Phi) is 42.4. The predicted octanol–water partition coefficient (Wildman–Crippen LogP) is 14.3. The van der Waals surface area contributed by atoms with E-state index in [2.05, 4.69) is 86.0 Å². The highest BCUT2D eigenvalue weighted by Crippen LogP contribution is 2.16. The van der Waals surface area contributed by atoms with Crippen LogP contribution >= 0.6 is 0 Å². The van der Waals surface area contributed by atoms with Gasteiger partial charge in [-0.15, -0.1) is 0 Å². The van der Waals surface area contributed by atoms with Crippen LogP contribution in [0.4, 0.5) is 0 Å². The van der Waals surface area contributed by atoms with Crippen molar-refractivity contribution in [3.63, 3.8) is 0 Å². The highest BCUT2D eigenvalue weighted by atomic mass is 16.3. The summed E-state index contributed by atoms with van der Waals surface area (Å²) in [6, 6.07) is -0.581. The molecule has 0 aromatic heterocycles. The van der Waals surface area contributed by atoms with E-state index in [0.29, 0.717) is 19.3 Å². The number of carbonyl (C=O) groups is 1. The Labute approximate surface area is 329 Å². The van der Waals surface area contributed by atoms with Crippen molar-refractivity contribution in [3.8, 4) is 0 Å². The van der Waals surface area contributed by atoms with Gasteiger partial charge in [0.1, 0.15) is 0 Å². The third-order valence-corrected chi connectivity index (χ3v) is 10.00. The van der Waals surface area contributed by atoms with Crippen LogP contribution in [0.15, 0.2) is 72.9 Å². The normalized spacial score (nSPS) is 13.7. The molecule has 0 aromatic carbocycles. The molecule has 4 nitrogen and oxygen atoms in total. The van der Waals surface area contributed by atoms with Crippen LogP contribution in [0.3, 0.4) is 0 Å². The standard InChI is InChI=1S/C49H87NO3/c1-3-5-7-9-11-13-15-17-19-21-23-24-25-27-28-30-32-34-36-38-40-42-44-48(52)47(46-51)50-49(53)45-43-41-39-37-35-33-31-29-26-22-20-18-16-14-12-10-8-6-4-2/h6,8,12,14,18,20,26,29,33,35,39,41,47-48,51-52H,3-5,7,9-11,13,15-17,19,21-25,27-28,30-32,34,36-38,40,42-46H2,1-2H3,(H,50,53)/b8-6-,14-12-,20-18-,29-26-,35-33-,41-39-. The first-order valence-electron chi connectivity index (χ1n) is 22.6. The molecule has 0 heterocycles. The Bertz CT molecular complexity index is 930. The third kappa shape index (κ3) is 40.8. The summed E-state index contributed by atoms with van der Waals surface area (Å²) < 4.78 is 0. The summed E-state index contributed by atoms with van der Waals surface area (Å²) in [5.74, 6) is -0.114. The average molecular weight is 738 g/mol. The van der Waals surface area contributed by atoms with Crippen LogP contribution in [0.5, 0.6) is 0 Å². The lowest BCUT2D eigenvalue weighted by atomic mass is 10.0. The van der Waals surface area contributed by atoms with Gasteiger partial charge in [-0.1, -0.05) is 228 Å².